The highest BCUT2D eigenvalue weighted by atomic mass is 16.5. The minimum Gasteiger partial charge on any atom is -0.376 e. The van der Waals surface area contributed by atoms with Crippen molar-refractivity contribution < 1.29 is 9.53 Å². The van der Waals surface area contributed by atoms with Crippen molar-refractivity contribution in [1.29, 1.82) is 0 Å². The summed E-state index contributed by atoms with van der Waals surface area (Å²) in [6.07, 6.45) is 4.89. The fourth-order valence-electron chi connectivity index (χ4n) is 4.07. The predicted molar refractivity (Wildman–Crippen MR) is 92.9 cm³/mol. The topological polar surface area (TPSA) is 68.2 Å². The second-order valence-electron chi connectivity index (χ2n) is 7.46. The molecule has 3 heterocycles. The van der Waals surface area contributed by atoms with E-state index in [1.807, 2.05) is 18.7 Å². The zero-order valence-corrected chi connectivity index (χ0v) is 15.2. The standard InChI is InChI=1S/C18H30N4O2/c1-13-16(14(2)22(3)21-13)4-5-17(23)20-11-15-10-18(12-24-15)6-8-19-9-7-18/h15,19H,4-12H2,1-3H3,(H,20,23). The van der Waals surface area contributed by atoms with Gasteiger partial charge in [-0.15, -0.1) is 0 Å². The van der Waals surface area contributed by atoms with Gasteiger partial charge >= 0.3 is 0 Å². The summed E-state index contributed by atoms with van der Waals surface area (Å²) in [7, 11) is 1.94. The van der Waals surface area contributed by atoms with E-state index in [0.717, 1.165) is 43.9 Å². The molecule has 0 radical (unpaired) electrons. The molecule has 24 heavy (non-hydrogen) atoms. The average Bonchev–Trinajstić information content (AvgIpc) is 3.06. The number of hydrogen-bond donors (Lipinski definition) is 2. The van der Waals surface area contributed by atoms with E-state index in [2.05, 4.69) is 22.7 Å². The highest BCUT2D eigenvalue weighted by molar-refractivity contribution is 5.76. The molecule has 2 aliphatic heterocycles. The van der Waals surface area contributed by atoms with Gasteiger partial charge in [0, 0.05) is 25.7 Å². The monoisotopic (exact) mass is 334 g/mol. The Bertz CT molecular complexity index is 590. The Balaban J connectivity index is 1.41. The van der Waals surface area contributed by atoms with Crippen LogP contribution in [0, 0.1) is 19.3 Å². The maximum Gasteiger partial charge on any atom is 0.220 e. The van der Waals surface area contributed by atoms with Crippen LogP contribution in [-0.2, 0) is 23.0 Å². The molecule has 2 saturated heterocycles. The maximum atomic E-state index is 12.2. The molecule has 1 aromatic heterocycles. The number of aryl methyl sites for hydroxylation is 2. The summed E-state index contributed by atoms with van der Waals surface area (Å²) in [6, 6.07) is 0. The Morgan fingerprint density at radius 3 is 2.83 bits per heavy atom. The Kier molecular flexibility index (Phi) is 5.25. The fraction of sp³-hybridized carbons (Fsp3) is 0.778. The number of rotatable bonds is 5. The van der Waals surface area contributed by atoms with Crippen molar-refractivity contribution >= 4 is 5.91 Å². The molecule has 6 nitrogen and oxygen atoms in total. The van der Waals surface area contributed by atoms with E-state index < -0.39 is 0 Å². The van der Waals surface area contributed by atoms with Crippen LogP contribution in [-0.4, -0.2) is 48.0 Å². The zero-order chi connectivity index (χ0) is 17.2. The van der Waals surface area contributed by atoms with Gasteiger partial charge < -0.3 is 15.4 Å². The lowest BCUT2D eigenvalue weighted by atomic mass is 9.77. The molecule has 0 aliphatic carbocycles. The number of carbonyl (C=O) groups is 1. The molecule has 0 bridgehead atoms. The SMILES string of the molecule is Cc1nn(C)c(C)c1CCC(=O)NCC1CC2(CCNCC2)CO1. The van der Waals surface area contributed by atoms with Crippen molar-refractivity contribution in [2.45, 2.75) is 52.1 Å². The minimum atomic E-state index is 0.104. The summed E-state index contributed by atoms with van der Waals surface area (Å²) in [5, 5.41) is 10.9. The van der Waals surface area contributed by atoms with E-state index in [-0.39, 0.29) is 12.0 Å². The number of piperidine rings is 1. The second-order valence-corrected chi connectivity index (χ2v) is 7.46. The van der Waals surface area contributed by atoms with Crippen LogP contribution in [0.2, 0.25) is 0 Å². The first-order valence-corrected chi connectivity index (χ1v) is 9.07. The summed E-state index contributed by atoms with van der Waals surface area (Å²) in [5.41, 5.74) is 3.71. The van der Waals surface area contributed by atoms with Gasteiger partial charge in [-0.2, -0.15) is 5.10 Å². The number of nitrogens with one attached hydrogen (secondary N) is 2. The fourth-order valence-corrected chi connectivity index (χ4v) is 4.07. The molecule has 1 aromatic rings. The van der Waals surface area contributed by atoms with Gasteiger partial charge in [0.25, 0.3) is 0 Å². The Morgan fingerprint density at radius 1 is 1.42 bits per heavy atom. The Labute approximate surface area is 144 Å². The molecule has 6 heteroatoms. The highest BCUT2D eigenvalue weighted by Gasteiger charge is 2.40. The van der Waals surface area contributed by atoms with Crippen molar-refractivity contribution in [3.63, 3.8) is 0 Å². The van der Waals surface area contributed by atoms with Gasteiger partial charge in [0.05, 0.1) is 18.4 Å². The normalized spacial score (nSPS) is 22.9. The van der Waals surface area contributed by atoms with Crippen molar-refractivity contribution in [2.24, 2.45) is 12.5 Å². The van der Waals surface area contributed by atoms with Crippen LogP contribution >= 0.6 is 0 Å². The number of hydrogen-bond acceptors (Lipinski definition) is 4. The van der Waals surface area contributed by atoms with Crippen LogP contribution in [0.1, 0.15) is 42.6 Å². The summed E-state index contributed by atoms with van der Waals surface area (Å²) >= 11 is 0. The summed E-state index contributed by atoms with van der Waals surface area (Å²) in [4.78, 5) is 12.2. The number of aromatic nitrogens is 2. The number of amides is 1. The largest absolute Gasteiger partial charge is 0.376 e. The van der Waals surface area contributed by atoms with Crippen molar-refractivity contribution in [3.8, 4) is 0 Å². The van der Waals surface area contributed by atoms with Crippen LogP contribution in [0.5, 0.6) is 0 Å². The molecule has 2 N–H and O–H groups in total. The van der Waals surface area contributed by atoms with Crippen LogP contribution in [0.4, 0.5) is 0 Å². The molecular formula is C18H30N4O2. The molecule has 1 atom stereocenters. The molecule has 1 unspecified atom stereocenters. The molecular weight excluding hydrogens is 304 g/mol. The minimum absolute atomic E-state index is 0.104. The smallest absolute Gasteiger partial charge is 0.220 e. The first-order chi connectivity index (χ1) is 11.5. The molecule has 2 aliphatic rings. The van der Waals surface area contributed by atoms with Crippen LogP contribution in [0.3, 0.4) is 0 Å². The molecule has 1 spiro atoms. The molecule has 0 saturated carbocycles. The third kappa shape index (κ3) is 3.81. The van der Waals surface area contributed by atoms with Crippen molar-refractivity contribution in [3.05, 3.63) is 17.0 Å². The van der Waals surface area contributed by atoms with E-state index in [0.29, 0.717) is 18.4 Å². The average molecular weight is 334 g/mol. The highest BCUT2D eigenvalue weighted by Crippen LogP contribution is 2.40. The van der Waals surface area contributed by atoms with Gasteiger partial charge in [-0.1, -0.05) is 0 Å². The van der Waals surface area contributed by atoms with Gasteiger partial charge in [-0.25, -0.2) is 0 Å². The van der Waals surface area contributed by atoms with Gasteiger partial charge in [-0.3, -0.25) is 9.48 Å². The van der Waals surface area contributed by atoms with E-state index in [1.165, 1.54) is 18.4 Å². The van der Waals surface area contributed by atoms with Gasteiger partial charge in [0.15, 0.2) is 0 Å². The van der Waals surface area contributed by atoms with Crippen LogP contribution in [0.25, 0.3) is 0 Å². The van der Waals surface area contributed by atoms with Gasteiger partial charge in [0.2, 0.25) is 5.91 Å². The van der Waals surface area contributed by atoms with Crippen molar-refractivity contribution in [2.75, 3.05) is 26.2 Å². The molecule has 2 fully saturated rings. The summed E-state index contributed by atoms with van der Waals surface area (Å²) in [6.45, 7) is 7.73. The van der Waals surface area contributed by atoms with E-state index in [4.69, 9.17) is 4.74 Å². The zero-order valence-electron chi connectivity index (χ0n) is 15.2. The van der Waals surface area contributed by atoms with Crippen LogP contribution in [0.15, 0.2) is 0 Å². The predicted octanol–water partition coefficient (Wildman–Crippen LogP) is 1.24. The summed E-state index contributed by atoms with van der Waals surface area (Å²) < 4.78 is 7.83. The summed E-state index contributed by atoms with van der Waals surface area (Å²) in [5.74, 6) is 0.104. The van der Waals surface area contributed by atoms with Crippen LogP contribution < -0.4 is 10.6 Å². The van der Waals surface area contributed by atoms with E-state index >= 15 is 0 Å². The quantitative estimate of drug-likeness (QED) is 0.850. The van der Waals surface area contributed by atoms with E-state index in [1.54, 1.807) is 0 Å². The Hall–Kier alpha value is -1.40. The lowest BCUT2D eigenvalue weighted by molar-refractivity contribution is -0.121. The first-order valence-electron chi connectivity index (χ1n) is 9.07. The maximum absolute atomic E-state index is 12.2. The molecule has 1 amide bonds. The van der Waals surface area contributed by atoms with Crippen molar-refractivity contribution in [1.82, 2.24) is 20.4 Å². The van der Waals surface area contributed by atoms with Gasteiger partial charge in [0.1, 0.15) is 0 Å². The number of ether oxygens (including phenoxy) is 1. The number of carbonyl (C=O) groups excluding carboxylic acids is 1. The van der Waals surface area contributed by atoms with E-state index in [9.17, 15) is 4.79 Å². The second kappa shape index (κ2) is 7.23. The number of nitrogens with zero attached hydrogens (tertiary/aromatic N) is 2. The molecule has 3 rings (SSSR count). The third-order valence-electron chi connectivity index (χ3n) is 5.74. The molecule has 0 aromatic carbocycles. The third-order valence-corrected chi connectivity index (χ3v) is 5.74. The Morgan fingerprint density at radius 2 is 2.17 bits per heavy atom. The molecule has 134 valence electrons. The first kappa shape index (κ1) is 17.4. The lowest BCUT2D eigenvalue weighted by Gasteiger charge is -2.32. The van der Waals surface area contributed by atoms with Gasteiger partial charge in [-0.05, 0) is 63.6 Å². The lowest BCUT2D eigenvalue weighted by Crippen LogP contribution is -2.38.